The van der Waals surface area contributed by atoms with E-state index in [4.69, 9.17) is 14.2 Å². The minimum atomic E-state index is -0.810. The third-order valence-electron chi connectivity index (χ3n) is 15.2. The summed E-state index contributed by atoms with van der Waals surface area (Å²) in [6, 6.07) is 0. The minimum Gasteiger partial charge on any atom is -0.462 e. The van der Waals surface area contributed by atoms with E-state index in [1.54, 1.807) is 0 Å². The number of carbonyl (C=O) groups excluding carboxylic acids is 3. The van der Waals surface area contributed by atoms with Crippen LogP contribution >= 0.6 is 0 Å². The van der Waals surface area contributed by atoms with Crippen LogP contribution in [-0.4, -0.2) is 37.2 Å². The Morgan fingerprint density at radius 1 is 0.266 bits per heavy atom. The quantitative estimate of drug-likeness (QED) is 0.0261. The highest BCUT2D eigenvalue weighted by atomic mass is 16.6. The van der Waals surface area contributed by atoms with Crippen molar-refractivity contribution in [2.24, 2.45) is 0 Å². The summed E-state index contributed by atoms with van der Waals surface area (Å²) in [6.07, 6.45) is 88.3. The summed E-state index contributed by atoms with van der Waals surface area (Å²) in [5, 5.41) is 0. The molecule has 1 atom stereocenters. The minimum absolute atomic E-state index is 0.0991. The molecule has 0 radical (unpaired) electrons. The van der Waals surface area contributed by atoms with E-state index in [-0.39, 0.29) is 37.5 Å². The number of hydrogen-bond donors (Lipinski definition) is 0. The molecule has 0 spiro atoms. The van der Waals surface area contributed by atoms with Crippen molar-refractivity contribution in [3.05, 3.63) is 72.9 Å². The monoisotopic (exact) mass is 1100 g/mol. The fourth-order valence-corrected chi connectivity index (χ4v) is 10.1. The van der Waals surface area contributed by atoms with Crippen molar-refractivity contribution in [2.75, 3.05) is 13.2 Å². The van der Waals surface area contributed by atoms with Gasteiger partial charge in [0.15, 0.2) is 6.10 Å². The molecule has 0 heterocycles. The van der Waals surface area contributed by atoms with Gasteiger partial charge in [0.25, 0.3) is 0 Å². The zero-order chi connectivity index (χ0) is 57.1. The molecule has 0 N–H and O–H groups in total. The lowest BCUT2D eigenvalue weighted by atomic mass is 10.0. The highest BCUT2D eigenvalue weighted by Crippen LogP contribution is 2.18. The van der Waals surface area contributed by atoms with Crippen molar-refractivity contribution < 1.29 is 28.6 Å². The van der Waals surface area contributed by atoms with Gasteiger partial charge < -0.3 is 14.2 Å². The molecule has 0 saturated carbocycles. The van der Waals surface area contributed by atoms with Crippen molar-refractivity contribution in [1.29, 1.82) is 0 Å². The molecule has 0 aromatic rings. The van der Waals surface area contributed by atoms with E-state index in [0.717, 1.165) is 70.6 Å². The van der Waals surface area contributed by atoms with Gasteiger partial charge in [-0.25, -0.2) is 0 Å². The Morgan fingerprint density at radius 3 is 0.823 bits per heavy atom. The summed E-state index contributed by atoms with van der Waals surface area (Å²) in [5.74, 6) is -0.964. The molecule has 1 unspecified atom stereocenters. The third kappa shape index (κ3) is 65.5. The van der Waals surface area contributed by atoms with Gasteiger partial charge >= 0.3 is 17.9 Å². The molecule has 0 fully saturated rings. The zero-order valence-electron chi connectivity index (χ0n) is 52.6. The highest BCUT2D eigenvalue weighted by molar-refractivity contribution is 5.71. The van der Waals surface area contributed by atoms with E-state index in [1.165, 1.54) is 238 Å². The molecule has 79 heavy (non-hydrogen) atoms. The molecule has 0 aromatic heterocycles. The van der Waals surface area contributed by atoms with Gasteiger partial charge in [-0.05, 0) is 77.0 Å². The molecule has 458 valence electrons. The first kappa shape index (κ1) is 75.8. The zero-order valence-corrected chi connectivity index (χ0v) is 52.6. The van der Waals surface area contributed by atoms with Gasteiger partial charge in [-0.15, -0.1) is 0 Å². The second kappa shape index (κ2) is 67.4. The lowest BCUT2D eigenvalue weighted by molar-refractivity contribution is -0.166. The predicted octanol–water partition coefficient (Wildman–Crippen LogP) is 23.7. The largest absolute Gasteiger partial charge is 0.462 e. The van der Waals surface area contributed by atoms with Crippen LogP contribution in [-0.2, 0) is 28.6 Å². The molecule has 0 saturated heterocycles. The predicted molar refractivity (Wildman–Crippen MR) is 344 cm³/mol. The average molecular weight is 1100 g/mol. The summed E-state index contributed by atoms with van der Waals surface area (Å²) in [4.78, 5) is 38.2. The Kier molecular flexibility index (Phi) is 64.7. The van der Waals surface area contributed by atoms with Crippen LogP contribution in [0.15, 0.2) is 72.9 Å². The van der Waals surface area contributed by atoms with E-state index in [9.17, 15) is 14.4 Å². The smallest absolute Gasteiger partial charge is 0.306 e. The molecule has 0 amide bonds. The SMILES string of the molecule is CC/C=C\C/C=C\C/C=C\C/C=C\CCC(=O)OC(COC(=O)CCCCCCCCCCCCCCC)COC(=O)CCCCCCCCCCCCCCCCCCCCCCCCC/C=C\C/C=C\CCCCCCC. The van der Waals surface area contributed by atoms with E-state index >= 15 is 0 Å². The third-order valence-corrected chi connectivity index (χ3v) is 15.2. The summed E-state index contributed by atoms with van der Waals surface area (Å²) < 4.78 is 16.8. The first-order valence-electron chi connectivity index (χ1n) is 34.4. The van der Waals surface area contributed by atoms with Crippen LogP contribution in [0.3, 0.4) is 0 Å². The van der Waals surface area contributed by atoms with Crippen molar-refractivity contribution in [2.45, 2.75) is 361 Å². The van der Waals surface area contributed by atoms with E-state index in [2.05, 4.69) is 87.6 Å². The van der Waals surface area contributed by atoms with Gasteiger partial charge in [-0.2, -0.15) is 0 Å². The van der Waals surface area contributed by atoms with Gasteiger partial charge in [-0.3, -0.25) is 14.4 Å². The summed E-state index contributed by atoms with van der Waals surface area (Å²) in [5.41, 5.74) is 0. The molecule has 0 aromatic carbocycles. The first-order valence-corrected chi connectivity index (χ1v) is 34.4. The van der Waals surface area contributed by atoms with Crippen LogP contribution in [0.5, 0.6) is 0 Å². The van der Waals surface area contributed by atoms with Gasteiger partial charge in [-0.1, -0.05) is 331 Å². The van der Waals surface area contributed by atoms with E-state index in [1.807, 2.05) is 6.08 Å². The molecular weight excluding hydrogens is 973 g/mol. The van der Waals surface area contributed by atoms with Crippen molar-refractivity contribution >= 4 is 17.9 Å². The maximum atomic E-state index is 12.8. The lowest BCUT2D eigenvalue weighted by Crippen LogP contribution is -2.30. The van der Waals surface area contributed by atoms with E-state index in [0.29, 0.717) is 19.3 Å². The number of carbonyl (C=O) groups is 3. The molecular formula is C73H130O6. The standard InChI is InChI=1S/C73H130O6/c1-4-7-10-13-16-19-22-25-26-27-28-29-30-31-32-33-34-35-36-37-38-39-40-41-42-43-44-45-46-49-51-54-57-60-63-66-72(75)78-69-70(79-73(76)67-64-61-58-55-52-48-24-21-18-15-12-9-6-3)68-77-71(74)65-62-59-56-53-50-47-23-20-17-14-11-8-5-2/h9,12,18,21-22,25,27-28,48,52,58,61,70H,4-8,10-11,13-17,19-20,23-24,26,29-47,49-51,53-57,59-60,62-69H2,1-3H3/b12-9-,21-18-,25-22-,28-27-,52-48-,61-58-. The number of hydrogen-bond acceptors (Lipinski definition) is 6. The van der Waals surface area contributed by atoms with Crippen molar-refractivity contribution in [3.63, 3.8) is 0 Å². The van der Waals surface area contributed by atoms with Crippen molar-refractivity contribution in [1.82, 2.24) is 0 Å². The lowest BCUT2D eigenvalue weighted by Gasteiger charge is -2.18. The Morgan fingerprint density at radius 2 is 0.519 bits per heavy atom. The second-order valence-corrected chi connectivity index (χ2v) is 23.1. The van der Waals surface area contributed by atoms with Crippen LogP contribution in [0, 0.1) is 0 Å². The number of unbranched alkanes of at least 4 members (excludes halogenated alkanes) is 40. The molecule has 0 aliphatic carbocycles. The van der Waals surface area contributed by atoms with E-state index < -0.39 is 6.10 Å². The molecule has 6 heteroatoms. The van der Waals surface area contributed by atoms with Crippen LogP contribution < -0.4 is 0 Å². The number of esters is 3. The average Bonchev–Trinajstić information content (AvgIpc) is 3.45. The topological polar surface area (TPSA) is 78.9 Å². The second-order valence-electron chi connectivity index (χ2n) is 23.1. The molecule has 0 aliphatic rings. The molecule has 0 aliphatic heterocycles. The maximum Gasteiger partial charge on any atom is 0.306 e. The van der Waals surface area contributed by atoms with Crippen LogP contribution in [0.4, 0.5) is 0 Å². The summed E-state index contributed by atoms with van der Waals surface area (Å²) in [6.45, 7) is 6.49. The van der Waals surface area contributed by atoms with Gasteiger partial charge in [0, 0.05) is 19.3 Å². The van der Waals surface area contributed by atoms with Crippen LogP contribution in [0.1, 0.15) is 355 Å². The molecule has 6 nitrogen and oxygen atoms in total. The number of rotatable bonds is 63. The van der Waals surface area contributed by atoms with Gasteiger partial charge in [0.05, 0.1) is 0 Å². The van der Waals surface area contributed by atoms with Gasteiger partial charge in [0.2, 0.25) is 0 Å². The summed E-state index contributed by atoms with van der Waals surface area (Å²) >= 11 is 0. The maximum absolute atomic E-state index is 12.8. The molecule has 0 bridgehead atoms. The fraction of sp³-hybridized carbons (Fsp3) is 0.795. The Hall–Kier alpha value is -3.15. The normalized spacial score (nSPS) is 12.5. The van der Waals surface area contributed by atoms with Gasteiger partial charge in [0.1, 0.15) is 13.2 Å². The Labute approximate surface area is 491 Å². The Balaban J connectivity index is 4.06. The first-order chi connectivity index (χ1) is 39.0. The summed E-state index contributed by atoms with van der Waals surface area (Å²) in [7, 11) is 0. The number of allylic oxidation sites excluding steroid dienone is 12. The van der Waals surface area contributed by atoms with Crippen molar-refractivity contribution in [3.8, 4) is 0 Å². The fourth-order valence-electron chi connectivity index (χ4n) is 10.1. The van der Waals surface area contributed by atoms with Crippen LogP contribution in [0.25, 0.3) is 0 Å². The Bertz CT molecular complexity index is 1450. The van der Waals surface area contributed by atoms with Crippen LogP contribution in [0.2, 0.25) is 0 Å². The number of ether oxygens (including phenoxy) is 3. The highest BCUT2D eigenvalue weighted by Gasteiger charge is 2.19. The molecule has 0 rings (SSSR count).